The first-order valence-corrected chi connectivity index (χ1v) is 4.39. The van der Waals surface area contributed by atoms with Crippen molar-refractivity contribution in [1.29, 1.82) is 0 Å². The van der Waals surface area contributed by atoms with E-state index in [4.69, 9.17) is 0 Å². The van der Waals surface area contributed by atoms with E-state index in [-0.39, 0.29) is 11.8 Å². The summed E-state index contributed by atoms with van der Waals surface area (Å²) in [5.74, 6) is 0.170. The fourth-order valence-electron chi connectivity index (χ4n) is 0.763. The molecule has 1 N–H and O–H groups in total. The number of hydrogen-bond acceptors (Lipinski definition) is 3. The lowest BCUT2D eigenvalue weighted by Crippen LogP contribution is -2.19. The third kappa shape index (κ3) is 2.65. The Hall–Kier alpha value is -1.71. The maximum atomic E-state index is 11.3. The molecule has 1 rings (SSSR count). The molecule has 0 spiro atoms. The Balaban J connectivity index is 2.69. The smallest absolute Gasteiger partial charge is 0.229 e. The summed E-state index contributed by atoms with van der Waals surface area (Å²) in [7, 11) is 0. The van der Waals surface area contributed by atoms with Gasteiger partial charge in [-0.3, -0.25) is 10.1 Å². The average Bonchev–Trinajstić information content (AvgIpc) is 2.19. The molecule has 1 amide bonds. The molecular weight excluding hydrogens is 178 g/mol. The zero-order chi connectivity index (χ0) is 10.6. The molecule has 4 heteroatoms. The van der Waals surface area contributed by atoms with E-state index in [1.807, 2.05) is 13.8 Å². The molecule has 0 unspecified atom stereocenters. The van der Waals surface area contributed by atoms with Gasteiger partial charge in [0.1, 0.15) is 0 Å². The maximum absolute atomic E-state index is 11.3. The fraction of sp³-hybridized carbons (Fsp3) is 0.300. The van der Waals surface area contributed by atoms with E-state index in [0.29, 0.717) is 5.95 Å². The second kappa shape index (κ2) is 4.50. The Bertz CT molecular complexity index is 330. The Morgan fingerprint density at radius 2 is 2.07 bits per heavy atom. The highest BCUT2D eigenvalue weighted by Crippen LogP contribution is 2.03. The number of nitrogens with zero attached hydrogens (tertiary/aromatic N) is 2. The summed E-state index contributed by atoms with van der Waals surface area (Å²) in [4.78, 5) is 19.2. The number of nitrogens with one attached hydrogen (secondary N) is 1. The highest BCUT2D eigenvalue weighted by atomic mass is 16.1. The van der Waals surface area contributed by atoms with Gasteiger partial charge in [0.25, 0.3) is 0 Å². The number of amides is 1. The average molecular weight is 191 g/mol. The summed E-state index contributed by atoms with van der Waals surface area (Å²) < 4.78 is 0. The van der Waals surface area contributed by atoms with Crippen LogP contribution in [0.15, 0.2) is 19.0 Å². The van der Waals surface area contributed by atoms with Gasteiger partial charge in [0.05, 0.1) is 0 Å². The standard InChI is InChI=1S/C10H13N3O/c1-4-8-5-11-10(12-6-8)13-9(14)7(2)3/h4-7H,1H2,2-3H3,(H,11,12,13,14). The number of carbonyl (C=O) groups excluding carboxylic acids is 1. The number of hydrogen-bond donors (Lipinski definition) is 1. The molecule has 0 saturated heterocycles. The van der Waals surface area contributed by atoms with Gasteiger partial charge in [-0.1, -0.05) is 26.5 Å². The summed E-state index contributed by atoms with van der Waals surface area (Å²) in [5, 5.41) is 2.60. The lowest BCUT2D eigenvalue weighted by atomic mass is 10.2. The molecule has 1 heterocycles. The van der Waals surface area contributed by atoms with Crippen LogP contribution in [0.3, 0.4) is 0 Å². The minimum Gasteiger partial charge on any atom is -0.294 e. The fourth-order valence-corrected chi connectivity index (χ4v) is 0.763. The van der Waals surface area contributed by atoms with Crippen molar-refractivity contribution in [2.24, 2.45) is 5.92 Å². The number of anilines is 1. The van der Waals surface area contributed by atoms with E-state index >= 15 is 0 Å². The molecule has 0 atom stereocenters. The second-order valence-electron chi connectivity index (χ2n) is 3.19. The molecule has 1 aromatic heterocycles. The van der Waals surface area contributed by atoms with Crippen molar-refractivity contribution in [2.75, 3.05) is 5.32 Å². The van der Waals surface area contributed by atoms with Gasteiger partial charge >= 0.3 is 0 Å². The molecule has 0 fully saturated rings. The van der Waals surface area contributed by atoms with Crippen LogP contribution in [0.4, 0.5) is 5.95 Å². The first-order valence-electron chi connectivity index (χ1n) is 4.39. The van der Waals surface area contributed by atoms with Crippen LogP contribution in [0, 0.1) is 5.92 Å². The lowest BCUT2D eigenvalue weighted by molar-refractivity contribution is -0.118. The predicted molar refractivity (Wildman–Crippen MR) is 55.6 cm³/mol. The minimum atomic E-state index is -0.0867. The van der Waals surface area contributed by atoms with Crippen LogP contribution in [0.25, 0.3) is 6.08 Å². The second-order valence-corrected chi connectivity index (χ2v) is 3.19. The monoisotopic (exact) mass is 191 g/mol. The van der Waals surface area contributed by atoms with Gasteiger partial charge in [0.2, 0.25) is 11.9 Å². The number of carbonyl (C=O) groups is 1. The van der Waals surface area contributed by atoms with Crippen LogP contribution in [-0.4, -0.2) is 15.9 Å². The van der Waals surface area contributed by atoms with Crippen LogP contribution in [0.1, 0.15) is 19.4 Å². The first-order chi connectivity index (χ1) is 6.63. The molecule has 0 saturated carbocycles. The predicted octanol–water partition coefficient (Wildman–Crippen LogP) is 1.71. The van der Waals surface area contributed by atoms with Gasteiger partial charge in [-0.15, -0.1) is 0 Å². The van der Waals surface area contributed by atoms with Crippen molar-refractivity contribution < 1.29 is 4.79 Å². The summed E-state index contributed by atoms with van der Waals surface area (Å²) in [5.41, 5.74) is 0.826. The van der Waals surface area contributed by atoms with E-state index in [2.05, 4.69) is 21.9 Å². The van der Waals surface area contributed by atoms with Gasteiger partial charge < -0.3 is 0 Å². The number of rotatable bonds is 3. The Labute approximate surface area is 83.1 Å². The van der Waals surface area contributed by atoms with E-state index in [9.17, 15) is 4.79 Å². The van der Waals surface area contributed by atoms with Crippen molar-refractivity contribution in [3.63, 3.8) is 0 Å². The van der Waals surface area contributed by atoms with Crippen LogP contribution >= 0.6 is 0 Å². The van der Waals surface area contributed by atoms with Crippen LogP contribution < -0.4 is 5.32 Å². The number of aromatic nitrogens is 2. The van der Waals surface area contributed by atoms with Crippen LogP contribution in [0.2, 0.25) is 0 Å². The maximum Gasteiger partial charge on any atom is 0.229 e. The largest absolute Gasteiger partial charge is 0.294 e. The molecule has 74 valence electrons. The van der Waals surface area contributed by atoms with Crippen molar-refractivity contribution >= 4 is 17.9 Å². The zero-order valence-corrected chi connectivity index (χ0v) is 8.32. The highest BCUT2D eigenvalue weighted by Gasteiger charge is 2.07. The topological polar surface area (TPSA) is 54.9 Å². The Kier molecular flexibility index (Phi) is 3.34. The third-order valence-corrected chi connectivity index (χ3v) is 1.67. The normalized spacial score (nSPS) is 9.93. The van der Waals surface area contributed by atoms with E-state index in [1.54, 1.807) is 18.5 Å². The quantitative estimate of drug-likeness (QED) is 0.791. The van der Waals surface area contributed by atoms with Gasteiger partial charge in [0, 0.05) is 23.9 Å². The lowest BCUT2D eigenvalue weighted by Gasteiger charge is -2.05. The molecule has 14 heavy (non-hydrogen) atoms. The van der Waals surface area contributed by atoms with Gasteiger partial charge in [-0.25, -0.2) is 9.97 Å². The Morgan fingerprint density at radius 1 is 1.50 bits per heavy atom. The molecule has 0 aliphatic rings. The molecular formula is C10H13N3O. The van der Waals surface area contributed by atoms with Gasteiger partial charge in [-0.05, 0) is 0 Å². The SMILES string of the molecule is C=Cc1cnc(NC(=O)C(C)C)nc1. The minimum absolute atomic E-state index is 0.0716. The van der Waals surface area contributed by atoms with E-state index < -0.39 is 0 Å². The van der Waals surface area contributed by atoms with Crippen molar-refractivity contribution in [3.8, 4) is 0 Å². The van der Waals surface area contributed by atoms with E-state index in [1.165, 1.54) is 0 Å². The first kappa shape index (κ1) is 10.4. The summed E-state index contributed by atoms with van der Waals surface area (Å²) in [6.07, 6.45) is 4.86. The zero-order valence-electron chi connectivity index (χ0n) is 8.32. The van der Waals surface area contributed by atoms with Crippen LogP contribution in [0.5, 0.6) is 0 Å². The van der Waals surface area contributed by atoms with Gasteiger partial charge in [-0.2, -0.15) is 0 Å². The molecule has 0 aliphatic carbocycles. The Morgan fingerprint density at radius 3 is 2.50 bits per heavy atom. The summed E-state index contributed by atoms with van der Waals surface area (Å²) in [6.45, 7) is 7.21. The summed E-state index contributed by atoms with van der Waals surface area (Å²) >= 11 is 0. The van der Waals surface area contributed by atoms with Crippen molar-refractivity contribution in [1.82, 2.24) is 9.97 Å². The van der Waals surface area contributed by atoms with Crippen molar-refractivity contribution in [3.05, 3.63) is 24.5 Å². The molecule has 0 radical (unpaired) electrons. The van der Waals surface area contributed by atoms with Crippen molar-refractivity contribution in [2.45, 2.75) is 13.8 Å². The van der Waals surface area contributed by atoms with E-state index in [0.717, 1.165) is 5.56 Å². The third-order valence-electron chi connectivity index (χ3n) is 1.67. The van der Waals surface area contributed by atoms with Crippen LogP contribution in [-0.2, 0) is 4.79 Å². The highest BCUT2D eigenvalue weighted by molar-refractivity contribution is 5.90. The molecule has 0 aromatic carbocycles. The summed E-state index contributed by atoms with van der Waals surface area (Å²) in [6, 6.07) is 0. The molecule has 4 nitrogen and oxygen atoms in total. The molecule has 0 bridgehead atoms. The molecule has 1 aromatic rings. The molecule has 0 aliphatic heterocycles. The van der Waals surface area contributed by atoms with Gasteiger partial charge in [0.15, 0.2) is 0 Å².